The Morgan fingerprint density at radius 1 is 1.33 bits per heavy atom. The molecule has 1 N–H and O–H groups in total. The van der Waals surface area contributed by atoms with Gasteiger partial charge in [0.2, 0.25) is 0 Å². The molecule has 4 nitrogen and oxygen atoms in total. The summed E-state index contributed by atoms with van der Waals surface area (Å²) in [5, 5.41) is 2.83. The topological polar surface area (TPSA) is 51.5 Å². The number of hydrogen-bond acceptors (Lipinski definition) is 3. The number of nitrogens with one attached hydrogen (secondary N) is 1. The van der Waals surface area contributed by atoms with Gasteiger partial charge in [-0.2, -0.15) is 0 Å². The Morgan fingerprint density at radius 2 is 2.14 bits per heavy atom. The summed E-state index contributed by atoms with van der Waals surface area (Å²) in [6.45, 7) is 6.28. The first-order valence-electron chi connectivity index (χ1n) is 7.14. The zero-order valence-corrected chi connectivity index (χ0v) is 12.7. The van der Waals surface area contributed by atoms with Crippen LogP contribution in [0.25, 0.3) is 0 Å². The van der Waals surface area contributed by atoms with Gasteiger partial charge in [-0.25, -0.2) is 0 Å². The molecule has 4 heteroatoms. The highest BCUT2D eigenvalue weighted by molar-refractivity contribution is 5.81. The number of hydrogen-bond donors (Lipinski definition) is 1. The summed E-state index contributed by atoms with van der Waals surface area (Å²) in [4.78, 5) is 12.2. The number of furan rings is 1. The molecule has 0 spiro atoms. The fraction of sp³-hybridized carbons (Fsp3) is 0.353. The highest BCUT2D eigenvalue weighted by atomic mass is 16.5. The zero-order chi connectivity index (χ0) is 15.2. The van der Waals surface area contributed by atoms with Crippen LogP contribution in [-0.4, -0.2) is 12.0 Å². The molecule has 0 unspecified atom stereocenters. The van der Waals surface area contributed by atoms with Crippen LogP contribution in [0.5, 0.6) is 5.75 Å². The van der Waals surface area contributed by atoms with E-state index in [1.54, 1.807) is 12.3 Å². The maximum atomic E-state index is 12.2. The number of benzene rings is 1. The van der Waals surface area contributed by atoms with E-state index in [1.165, 1.54) is 0 Å². The fourth-order valence-corrected chi connectivity index (χ4v) is 2.01. The summed E-state index contributed by atoms with van der Waals surface area (Å²) in [6.07, 6.45) is 1.70. The molecule has 1 aromatic heterocycles. The van der Waals surface area contributed by atoms with Gasteiger partial charge in [-0.3, -0.25) is 4.79 Å². The largest absolute Gasteiger partial charge is 0.480 e. The molecule has 2 rings (SSSR count). The summed E-state index contributed by atoms with van der Waals surface area (Å²) in [7, 11) is 0. The van der Waals surface area contributed by atoms with Crippen LogP contribution < -0.4 is 10.1 Å². The normalized spacial score (nSPS) is 12.0. The molecule has 0 aliphatic rings. The average Bonchev–Trinajstić information content (AvgIpc) is 2.99. The molecule has 0 saturated heterocycles. The second-order valence-corrected chi connectivity index (χ2v) is 5.08. The Balaban J connectivity index is 1.98. The van der Waals surface area contributed by atoms with E-state index in [0.29, 0.717) is 13.0 Å². The summed E-state index contributed by atoms with van der Waals surface area (Å²) in [5.41, 5.74) is 2.14. The van der Waals surface area contributed by atoms with Crippen LogP contribution in [0.4, 0.5) is 0 Å². The van der Waals surface area contributed by atoms with Gasteiger partial charge in [0, 0.05) is 0 Å². The van der Waals surface area contributed by atoms with Crippen molar-refractivity contribution in [3.8, 4) is 5.75 Å². The molecule has 0 fully saturated rings. The van der Waals surface area contributed by atoms with E-state index in [0.717, 1.165) is 22.6 Å². The van der Waals surface area contributed by atoms with Crippen molar-refractivity contribution >= 4 is 5.91 Å². The van der Waals surface area contributed by atoms with Gasteiger partial charge in [-0.05, 0) is 49.6 Å². The molecule has 1 aromatic carbocycles. The number of amides is 1. The fourth-order valence-electron chi connectivity index (χ4n) is 2.01. The van der Waals surface area contributed by atoms with Gasteiger partial charge in [-0.15, -0.1) is 0 Å². The Morgan fingerprint density at radius 3 is 2.81 bits per heavy atom. The van der Waals surface area contributed by atoms with Crippen LogP contribution >= 0.6 is 0 Å². The standard InChI is InChI=1S/C17H21NO3/c1-4-15(17(19)18-11-14-6-5-9-20-14)21-16-10-12(2)7-8-13(16)3/h5-10,15H,4,11H2,1-3H3,(H,18,19)/t15-/m0/s1. The molecule has 0 aliphatic heterocycles. The Bertz CT molecular complexity index is 590. The monoisotopic (exact) mass is 287 g/mol. The van der Waals surface area contributed by atoms with E-state index in [-0.39, 0.29) is 5.91 Å². The van der Waals surface area contributed by atoms with E-state index >= 15 is 0 Å². The van der Waals surface area contributed by atoms with E-state index in [1.807, 2.05) is 45.0 Å². The van der Waals surface area contributed by atoms with Gasteiger partial charge in [0.05, 0.1) is 12.8 Å². The van der Waals surface area contributed by atoms with Crippen LogP contribution in [0.2, 0.25) is 0 Å². The molecular weight excluding hydrogens is 266 g/mol. The maximum Gasteiger partial charge on any atom is 0.261 e. The predicted molar refractivity (Wildman–Crippen MR) is 81.2 cm³/mol. The minimum Gasteiger partial charge on any atom is -0.480 e. The SMILES string of the molecule is CC[C@H](Oc1cc(C)ccc1C)C(=O)NCc1ccco1. The van der Waals surface area contributed by atoms with Gasteiger partial charge in [0.25, 0.3) is 5.91 Å². The van der Waals surface area contributed by atoms with E-state index in [9.17, 15) is 4.79 Å². The maximum absolute atomic E-state index is 12.2. The molecule has 1 amide bonds. The van der Waals surface area contributed by atoms with Gasteiger partial charge in [-0.1, -0.05) is 19.1 Å². The third-order valence-electron chi connectivity index (χ3n) is 3.29. The summed E-state index contributed by atoms with van der Waals surface area (Å²) in [5.74, 6) is 1.36. The van der Waals surface area contributed by atoms with Gasteiger partial charge >= 0.3 is 0 Å². The molecule has 0 aliphatic carbocycles. The van der Waals surface area contributed by atoms with Crippen LogP contribution in [0, 0.1) is 13.8 Å². The summed E-state index contributed by atoms with van der Waals surface area (Å²) in [6, 6.07) is 9.61. The van der Waals surface area contributed by atoms with Crippen LogP contribution in [0.3, 0.4) is 0 Å². The van der Waals surface area contributed by atoms with Gasteiger partial charge < -0.3 is 14.5 Å². The molecule has 21 heavy (non-hydrogen) atoms. The molecule has 1 heterocycles. The lowest BCUT2D eigenvalue weighted by Gasteiger charge is -2.18. The molecule has 2 aromatic rings. The first kappa shape index (κ1) is 15.2. The Hall–Kier alpha value is -2.23. The zero-order valence-electron chi connectivity index (χ0n) is 12.7. The van der Waals surface area contributed by atoms with Crippen molar-refractivity contribution in [1.29, 1.82) is 0 Å². The Kier molecular flexibility index (Phi) is 5.04. The van der Waals surface area contributed by atoms with Gasteiger partial charge in [0.15, 0.2) is 6.10 Å². The van der Waals surface area contributed by atoms with E-state index in [4.69, 9.17) is 9.15 Å². The van der Waals surface area contributed by atoms with E-state index in [2.05, 4.69) is 5.32 Å². The second kappa shape index (κ2) is 6.97. The molecule has 112 valence electrons. The number of carbonyl (C=O) groups is 1. The number of ether oxygens (including phenoxy) is 1. The van der Waals surface area contributed by atoms with Crippen molar-refractivity contribution in [3.63, 3.8) is 0 Å². The second-order valence-electron chi connectivity index (χ2n) is 5.08. The lowest BCUT2D eigenvalue weighted by atomic mass is 10.1. The van der Waals surface area contributed by atoms with Crippen molar-refractivity contribution in [2.75, 3.05) is 0 Å². The summed E-state index contributed by atoms with van der Waals surface area (Å²) < 4.78 is 11.1. The van der Waals surface area contributed by atoms with E-state index < -0.39 is 6.10 Å². The minimum atomic E-state index is -0.500. The third kappa shape index (κ3) is 4.12. The highest BCUT2D eigenvalue weighted by Crippen LogP contribution is 2.21. The third-order valence-corrected chi connectivity index (χ3v) is 3.29. The molecule has 0 radical (unpaired) electrons. The Labute approximate surface area is 125 Å². The van der Waals surface area contributed by atoms with Crippen LogP contribution in [0.1, 0.15) is 30.2 Å². The van der Waals surface area contributed by atoms with Crippen molar-refractivity contribution in [1.82, 2.24) is 5.32 Å². The van der Waals surface area contributed by atoms with Crippen molar-refractivity contribution < 1.29 is 13.9 Å². The number of rotatable bonds is 6. The first-order valence-corrected chi connectivity index (χ1v) is 7.14. The lowest BCUT2D eigenvalue weighted by molar-refractivity contribution is -0.128. The number of aryl methyl sites for hydroxylation is 2. The highest BCUT2D eigenvalue weighted by Gasteiger charge is 2.19. The molecular formula is C17H21NO3. The molecule has 1 atom stereocenters. The lowest BCUT2D eigenvalue weighted by Crippen LogP contribution is -2.37. The van der Waals surface area contributed by atoms with Gasteiger partial charge in [0.1, 0.15) is 11.5 Å². The van der Waals surface area contributed by atoms with Crippen LogP contribution in [0.15, 0.2) is 41.0 Å². The van der Waals surface area contributed by atoms with Crippen LogP contribution in [-0.2, 0) is 11.3 Å². The predicted octanol–water partition coefficient (Wildman–Crippen LogP) is 3.37. The first-order chi connectivity index (χ1) is 10.1. The van der Waals surface area contributed by atoms with Crippen molar-refractivity contribution in [2.45, 2.75) is 39.8 Å². The molecule has 0 bridgehead atoms. The van der Waals surface area contributed by atoms with Crippen molar-refractivity contribution in [3.05, 3.63) is 53.5 Å². The molecule has 0 saturated carbocycles. The quantitative estimate of drug-likeness (QED) is 0.886. The minimum absolute atomic E-state index is 0.130. The number of carbonyl (C=O) groups excluding carboxylic acids is 1. The van der Waals surface area contributed by atoms with Crippen molar-refractivity contribution in [2.24, 2.45) is 0 Å². The smallest absolute Gasteiger partial charge is 0.261 e. The average molecular weight is 287 g/mol. The summed E-state index contributed by atoms with van der Waals surface area (Å²) >= 11 is 0.